The summed E-state index contributed by atoms with van der Waals surface area (Å²) in [6, 6.07) is 6.34. The second kappa shape index (κ2) is 15.0. The lowest BCUT2D eigenvalue weighted by Crippen LogP contribution is -2.43. The van der Waals surface area contributed by atoms with Gasteiger partial charge in [-0.05, 0) is 44.5 Å². The van der Waals surface area contributed by atoms with Crippen LogP contribution in [0.4, 0.5) is 5.69 Å². The minimum absolute atomic E-state index is 0. The van der Waals surface area contributed by atoms with Crippen LogP contribution in [0.25, 0.3) is 0 Å². The Kier molecular flexibility index (Phi) is 13.1. The fourth-order valence-corrected chi connectivity index (χ4v) is 3.25. The molecule has 1 aromatic rings. The van der Waals surface area contributed by atoms with Crippen molar-refractivity contribution in [3.8, 4) is 0 Å². The zero-order valence-corrected chi connectivity index (χ0v) is 20.8. The molecule has 10 heteroatoms. The van der Waals surface area contributed by atoms with Crippen LogP contribution >= 0.6 is 24.0 Å². The van der Waals surface area contributed by atoms with Crippen molar-refractivity contribution in [2.45, 2.75) is 38.6 Å². The molecule has 31 heavy (non-hydrogen) atoms. The van der Waals surface area contributed by atoms with E-state index in [1.54, 1.807) is 26.2 Å². The summed E-state index contributed by atoms with van der Waals surface area (Å²) < 4.78 is 0. The van der Waals surface area contributed by atoms with Crippen LogP contribution in [-0.4, -0.2) is 73.4 Å². The summed E-state index contributed by atoms with van der Waals surface area (Å²) in [4.78, 5) is 30.9. The first kappa shape index (κ1) is 27.1. The van der Waals surface area contributed by atoms with Crippen molar-refractivity contribution in [1.29, 1.82) is 0 Å². The van der Waals surface area contributed by atoms with Crippen molar-refractivity contribution in [1.82, 2.24) is 20.4 Å². The molecule has 0 bridgehead atoms. The monoisotopic (exact) mass is 546 g/mol. The molecule has 1 aromatic carbocycles. The van der Waals surface area contributed by atoms with E-state index in [-0.39, 0.29) is 42.1 Å². The van der Waals surface area contributed by atoms with E-state index in [0.29, 0.717) is 12.5 Å². The first-order valence-corrected chi connectivity index (χ1v) is 10.6. The van der Waals surface area contributed by atoms with Gasteiger partial charge in [0, 0.05) is 32.8 Å². The van der Waals surface area contributed by atoms with Crippen molar-refractivity contribution in [2.24, 2.45) is 4.99 Å². The van der Waals surface area contributed by atoms with Gasteiger partial charge in [-0.2, -0.15) is 0 Å². The number of halogens is 1. The number of rotatable bonds is 9. The van der Waals surface area contributed by atoms with Crippen LogP contribution in [0.1, 0.15) is 37.7 Å². The summed E-state index contributed by atoms with van der Waals surface area (Å²) in [6.45, 7) is 4.70. The number of nitro benzene ring substituents is 1. The van der Waals surface area contributed by atoms with E-state index < -0.39 is 4.92 Å². The highest BCUT2D eigenvalue weighted by molar-refractivity contribution is 14.0. The quantitative estimate of drug-likeness (QED) is 0.123. The molecule has 1 aliphatic heterocycles. The Balaban J connectivity index is 0.00000480. The zero-order valence-electron chi connectivity index (χ0n) is 18.5. The number of hydrogen-bond donors (Lipinski definition) is 2. The van der Waals surface area contributed by atoms with Crippen LogP contribution < -0.4 is 10.6 Å². The van der Waals surface area contributed by atoms with Gasteiger partial charge >= 0.3 is 0 Å². The summed E-state index contributed by atoms with van der Waals surface area (Å²) in [6.07, 6.45) is 6.23. The Labute approximate surface area is 201 Å². The first-order valence-electron chi connectivity index (χ1n) is 10.6. The molecule has 2 N–H and O–H groups in total. The Bertz CT molecular complexity index is 704. The number of benzene rings is 1. The van der Waals surface area contributed by atoms with Gasteiger partial charge in [0.25, 0.3) is 5.69 Å². The van der Waals surface area contributed by atoms with Crippen LogP contribution in [0.2, 0.25) is 0 Å². The summed E-state index contributed by atoms with van der Waals surface area (Å²) >= 11 is 0. The smallest absolute Gasteiger partial charge is 0.269 e. The molecule has 0 aromatic heterocycles. The molecule has 174 valence electrons. The lowest BCUT2D eigenvalue weighted by atomic mass is 10.2. The van der Waals surface area contributed by atoms with Gasteiger partial charge in [0.15, 0.2) is 5.96 Å². The summed E-state index contributed by atoms with van der Waals surface area (Å²) in [5.74, 6) is 0.531. The molecular formula is C21H35IN6O3. The lowest BCUT2D eigenvalue weighted by molar-refractivity contribution is -0.384. The molecule has 0 saturated carbocycles. The number of carbonyl (C=O) groups excluding carboxylic acids is 1. The van der Waals surface area contributed by atoms with E-state index in [1.807, 2.05) is 0 Å². The van der Waals surface area contributed by atoms with Gasteiger partial charge < -0.3 is 20.4 Å². The van der Waals surface area contributed by atoms with Gasteiger partial charge in [-0.25, -0.2) is 4.99 Å². The van der Waals surface area contributed by atoms with Gasteiger partial charge in [-0.1, -0.05) is 25.0 Å². The number of non-ortho nitro benzene ring substituents is 1. The SMILES string of the molecule is CN(C)C(=O)CNC(=NCc1ccc([N+](=O)[O-])cc1)NCCCN1CCCCCC1.I. The van der Waals surface area contributed by atoms with Crippen LogP contribution in [0.15, 0.2) is 29.3 Å². The van der Waals surface area contributed by atoms with Crippen LogP contribution in [0.5, 0.6) is 0 Å². The van der Waals surface area contributed by atoms with Crippen LogP contribution in [-0.2, 0) is 11.3 Å². The molecule has 1 fully saturated rings. The highest BCUT2D eigenvalue weighted by Crippen LogP contribution is 2.12. The van der Waals surface area contributed by atoms with Crippen molar-refractivity contribution in [3.63, 3.8) is 0 Å². The predicted molar refractivity (Wildman–Crippen MR) is 134 cm³/mol. The van der Waals surface area contributed by atoms with Crippen molar-refractivity contribution < 1.29 is 9.72 Å². The zero-order chi connectivity index (χ0) is 21.8. The number of likely N-dealkylation sites (tertiary alicyclic amines) is 1. The maximum Gasteiger partial charge on any atom is 0.269 e. The molecule has 0 unspecified atom stereocenters. The topological polar surface area (TPSA) is 103 Å². The van der Waals surface area contributed by atoms with Crippen LogP contribution in [0.3, 0.4) is 0 Å². The van der Waals surface area contributed by atoms with Crippen molar-refractivity contribution >= 4 is 41.5 Å². The number of guanidine groups is 1. The van der Waals surface area contributed by atoms with E-state index in [2.05, 4.69) is 20.5 Å². The number of likely N-dealkylation sites (N-methyl/N-ethyl adjacent to an activating group) is 1. The van der Waals surface area contributed by atoms with Gasteiger partial charge in [0.05, 0.1) is 18.0 Å². The van der Waals surface area contributed by atoms with E-state index in [9.17, 15) is 14.9 Å². The summed E-state index contributed by atoms with van der Waals surface area (Å²) in [7, 11) is 3.43. The first-order chi connectivity index (χ1) is 14.5. The molecular weight excluding hydrogens is 511 g/mol. The number of amides is 1. The average molecular weight is 546 g/mol. The number of carbonyl (C=O) groups is 1. The Morgan fingerprint density at radius 1 is 1.13 bits per heavy atom. The van der Waals surface area contributed by atoms with E-state index >= 15 is 0 Å². The number of aliphatic imine (C=N–C) groups is 1. The van der Waals surface area contributed by atoms with Crippen molar-refractivity contribution in [2.75, 3.05) is 46.8 Å². The second-order valence-corrected chi connectivity index (χ2v) is 7.77. The van der Waals surface area contributed by atoms with E-state index in [4.69, 9.17) is 0 Å². The third kappa shape index (κ3) is 10.8. The minimum atomic E-state index is -0.418. The number of nitro groups is 1. The van der Waals surface area contributed by atoms with Crippen LogP contribution in [0, 0.1) is 10.1 Å². The van der Waals surface area contributed by atoms with Gasteiger partial charge in [-0.15, -0.1) is 24.0 Å². The lowest BCUT2D eigenvalue weighted by Gasteiger charge is -2.20. The summed E-state index contributed by atoms with van der Waals surface area (Å²) in [5.41, 5.74) is 0.925. The molecule has 1 heterocycles. The van der Waals surface area contributed by atoms with Gasteiger partial charge in [-0.3, -0.25) is 14.9 Å². The third-order valence-electron chi connectivity index (χ3n) is 5.12. The maximum atomic E-state index is 11.9. The Morgan fingerprint density at radius 2 is 1.77 bits per heavy atom. The molecule has 0 spiro atoms. The number of hydrogen-bond acceptors (Lipinski definition) is 5. The molecule has 0 radical (unpaired) electrons. The molecule has 0 aliphatic carbocycles. The molecule has 1 saturated heterocycles. The Hall–Kier alpha value is -1.95. The molecule has 1 aliphatic rings. The standard InChI is InChI=1S/C21H34N6O3.HI/c1-25(2)20(28)17-24-21(22-12-7-15-26-13-5-3-4-6-14-26)23-16-18-8-10-19(11-9-18)27(29)30;/h8-11H,3-7,12-17H2,1-2H3,(H2,22,23,24);1H. The fourth-order valence-electron chi connectivity index (χ4n) is 3.25. The maximum absolute atomic E-state index is 11.9. The summed E-state index contributed by atoms with van der Waals surface area (Å²) in [5, 5.41) is 17.2. The van der Waals surface area contributed by atoms with Gasteiger partial charge in [0.1, 0.15) is 0 Å². The number of nitrogens with zero attached hydrogens (tertiary/aromatic N) is 4. The second-order valence-electron chi connectivity index (χ2n) is 7.77. The third-order valence-corrected chi connectivity index (χ3v) is 5.12. The molecule has 2 rings (SSSR count). The predicted octanol–water partition coefficient (Wildman–Crippen LogP) is 2.60. The Morgan fingerprint density at radius 3 is 2.35 bits per heavy atom. The largest absolute Gasteiger partial charge is 0.356 e. The average Bonchev–Trinajstić information content (AvgIpc) is 3.01. The molecule has 1 amide bonds. The molecule has 9 nitrogen and oxygen atoms in total. The number of nitrogens with one attached hydrogen (secondary N) is 2. The highest BCUT2D eigenvalue weighted by atomic mass is 127. The van der Waals surface area contributed by atoms with Crippen molar-refractivity contribution in [3.05, 3.63) is 39.9 Å². The molecule has 0 atom stereocenters. The van der Waals surface area contributed by atoms with E-state index in [1.165, 1.54) is 55.8 Å². The normalized spacial score (nSPS) is 14.8. The van der Waals surface area contributed by atoms with Gasteiger partial charge in [0.2, 0.25) is 5.91 Å². The van der Waals surface area contributed by atoms with E-state index in [0.717, 1.165) is 25.1 Å². The highest BCUT2D eigenvalue weighted by Gasteiger charge is 2.09. The minimum Gasteiger partial charge on any atom is -0.356 e. The fraction of sp³-hybridized carbons (Fsp3) is 0.619.